The van der Waals surface area contributed by atoms with E-state index >= 15 is 0 Å². The second-order valence-corrected chi connectivity index (χ2v) is 7.38. The highest BCUT2D eigenvalue weighted by atomic mass is 35.5. The van der Waals surface area contributed by atoms with Crippen LogP contribution in [0.5, 0.6) is 0 Å². The molecule has 0 saturated carbocycles. The number of nitrogens with two attached hydrogens (primary N) is 1. The van der Waals surface area contributed by atoms with E-state index < -0.39 is 11.6 Å². The Hall–Kier alpha value is -2.93. The van der Waals surface area contributed by atoms with E-state index in [9.17, 15) is 8.78 Å². The van der Waals surface area contributed by atoms with Crippen LogP contribution in [0.25, 0.3) is 0 Å². The van der Waals surface area contributed by atoms with Crippen molar-refractivity contribution < 1.29 is 8.78 Å². The van der Waals surface area contributed by atoms with Crippen LogP contribution in [0.2, 0.25) is 5.02 Å². The smallest absolute Gasteiger partial charge is 0.188 e. The van der Waals surface area contributed by atoms with Gasteiger partial charge in [0.2, 0.25) is 0 Å². The zero-order chi connectivity index (χ0) is 21.3. The van der Waals surface area contributed by atoms with Gasteiger partial charge in [-0.25, -0.2) is 13.8 Å². The van der Waals surface area contributed by atoms with Crippen molar-refractivity contribution in [3.8, 4) is 0 Å². The molecule has 1 atom stereocenters. The van der Waals surface area contributed by atoms with Crippen LogP contribution >= 0.6 is 11.6 Å². The number of nitrogens with one attached hydrogen (secondary N) is 2. The van der Waals surface area contributed by atoms with Gasteiger partial charge in [-0.1, -0.05) is 29.8 Å². The molecule has 1 heterocycles. The van der Waals surface area contributed by atoms with Crippen molar-refractivity contribution in [2.75, 3.05) is 13.1 Å². The lowest BCUT2D eigenvalue weighted by molar-refractivity contribution is 0.505. The Morgan fingerprint density at radius 2 is 2.00 bits per heavy atom. The van der Waals surface area contributed by atoms with Gasteiger partial charge in [-0.05, 0) is 54.7 Å². The lowest BCUT2D eigenvalue weighted by Gasteiger charge is -2.19. The number of hydrogen-bond acceptors (Lipinski definition) is 2. The summed E-state index contributed by atoms with van der Waals surface area (Å²) in [6, 6.07) is 11.3. The summed E-state index contributed by atoms with van der Waals surface area (Å²) in [4.78, 5) is 11.4. The Morgan fingerprint density at radius 1 is 1.17 bits per heavy atom. The number of aryl methyl sites for hydroxylation is 1. The van der Waals surface area contributed by atoms with Crippen LogP contribution in [0.3, 0.4) is 0 Å². The molecule has 158 valence electrons. The molecule has 30 heavy (non-hydrogen) atoms. The fourth-order valence-corrected chi connectivity index (χ4v) is 3.47. The molecule has 0 radical (unpaired) electrons. The first-order chi connectivity index (χ1) is 14.5. The molecule has 5 nitrogen and oxygen atoms in total. The lowest BCUT2D eigenvalue weighted by atomic mass is 9.88. The molecule has 0 aliphatic carbocycles. The van der Waals surface area contributed by atoms with E-state index in [1.54, 1.807) is 24.7 Å². The predicted octanol–water partition coefficient (Wildman–Crippen LogP) is 4.40. The van der Waals surface area contributed by atoms with Crippen molar-refractivity contribution in [1.29, 1.82) is 0 Å². The summed E-state index contributed by atoms with van der Waals surface area (Å²) >= 11 is 6.13. The zero-order valence-corrected chi connectivity index (χ0v) is 17.2. The van der Waals surface area contributed by atoms with Crippen LogP contribution in [-0.2, 0) is 6.42 Å². The van der Waals surface area contributed by atoms with Gasteiger partial charge in [0.1, 0.15) is 0 Å². The van der Waals surface area contributed by atoms with Crippen molar-refractivity contribution >= 4 is 17.6 Å². The maximum absolute atomic E-state index is 13.8. The number of halogens is 3. The van der Waals surface area contributed by atoms with Gasteiger partial charge in [0.05, 0.1) is 6.33 Å². The summed E-state index contributed by atoms with van der Waals surface area (Å²) < 4.78 is 27.2. The highest BCUT2D eigenvalue weighted by molar-refractivity contribution is 6.30. The van der Waals surface area contributed by atoms with Crippen LogP contribution in [0.15, 0.2) is 60.0 Å². The standard InChI is InChI=1S/C22H24ClF2N5/c23-17-4-1-3-15(11-17)19(16-6-7-20(24)21(25)12-16)8-10-29-22(26)28-9-2-5-18-13-27-14-30-18/h1,3-4,6-7,11-14,19H,2,5,8-10H2,(H,27,30)(H3,26,28,29). The summed E-state index contributed by atoms with van der Waals surface area (Å²) in [7, 11) is 0. The summed E-state index contributed by atoms with van der Waals surface area (Å²) in [6.07, 6.45) is 5.75. The Balaban J connectivity index is 1.59. The van der Waals surface area contributed by atoms with E-state index in [1.165, 1.54) is 6.07 Å². The maximum Gasteiger partial charge on any atom is 0.188 e. The number of benzene rings is 2. The second-order valence-electron chi connectivity index (χ2n) is 6.94. The molecular weight excluding hydrogens is 408 g/mol. The van der Waals surface area contributed by atoms with Gasteiger partial charge in [-0.2, -0.15) is 0 Å². The molecule has 0 aliphatic rings. The number of nitrogens with zero attached hydrogens (tertiary/aromatic N) is 2. The summed E-state index contributed by atoms with van der Waals surface area (Å²) in [5.41, 5.74) is 8.61. The van der Waals surface area contributed by atoms with Gasteiger partial charge in [-0.3, -0.25) is 4.99 Å². The van der Waals surface area contributed by atoms with E-state index in [4.69, 9.17) is 17.3 Å². The van der Waals surface area contributed by atoms with Gasteiger partial charge >= 0.3 is 0 Å². The third-order valence-electron chi connectivity index (χ3n) is 4.78. The fourth-order valence-electron chi connectivity index (χ4n) is 3.27. The fraction of sp³-hybridized carbons (Fsp3) is 0.273. The molecule has 1 unspecified atom stereocenters. The minimum atomic E-state index is -0.870. The molecule has 3 aromatic rings. The second kappa shape index (κ2) is 10.7. The van der Waals surface area contributed by atoms with Crippen molar-refractivity contribution in [3.05, 3.63) is 88.5 Å². The first-order valence-corrected chi connectivity index (χ1v) is 10.1. The highest BCUT2D eigenvalue weighted by Gasteiger charge is 2.16. The van der Waals surface area contributed by atoms with Gasteiger partial charge in [0.25, 0.3) is 0 Å². The van der Waals surface area contributed by atoms with Gasteiger partial charge in [0, 0.05) is 35.9 Å². The topological polar surface area (TPSA) is 79.1 Å². The van der Waals surface area contributed by atoms with Crippen LogP contribution in [0, 0.1) is 11.6 Å². The van der Waals surface area contributed by atoms with Gasteiger partial charge in [0.15, 0.2) is 17.6 Å². The first kappa shape index (κ1) is 21.8. The Morgan fingerprint density at radius 3 is 2.73 bits per heavy atom. The summed E-state index contributed by atoms with van der Waals surface area (Å²) in [6.45, 7) is 1.12. The molecule has 2 aromatic carbocycles. The SMILES string of the molecule is NC(=NCCCc1cnc[nH]1)NCCC(c1cccc(Cl)c1)c1ccc(F)c(F)c1. The molecule has 0 amide bonds. The van der Waals surface area contributed by atoms with Gasteiger partial charge < -0.3 is 16.0 Å². The number of aliphatic imine (C=N–C) groups is 1. The number of guanidine groups is 1. The number of aromatic amines is 1. The minimum absolute atomic E-state index is 0.167. The molecular formula is C22H24ClF2N5. The molecule has 0 aliphatic heterocycles. The largest absolute Gasteiger partial charge is 0.370 e. The number of H-pyrrole nitrogens is 1. The van der Waals surface area contributed by atoms with E-state index in [1.807, 2.05) is 18.2 Å². The van der Waals surface area contributed by atoms with Crippen LogP contribution < -0.4 is 11.1 Å². The van der Waals surface area contributed by atoms with Crippen molar-refractivity contribution in [1.82, 2.24) is 15.3 Å². The Bertz CT molecular complexity index is 975. The monoisotopic (exact) mass is 431 g/mol. The Kier molecular flexibility index (Phi) is 7.79. The molecule has 0 saturated heterocycles. The van der Waals surface area contributed by atoms with Crippen molar-refractivity contribution in [3.63, 3.8) is 0 Å². The number of imidazole rings is 1. The zero-order valence-electron chi connectivity index (χ0n) is 16.4. The van der Waals surface area contributed by atoms with Crippen LogP contribution in [0.1, 0.15) is 35.6 Å². The third kappa shape index (κ3) is 6.29. The molecule has 0 bridgehead atoms. The van der Waals surface area contributed by atoms with Crippen molar-refractivity contribution in [2.45, 2.75) is 25.2 Å². The number of rotatable bonds is 9. The van der Waals surface area contributed by atoms with Crippen molar-refractivity contribution in [2.24, 2.45) is 10.7 Å². The van der Waals surface area contributed by atoms with Crippen LogP contribution in [-0.4, -0.2) is 29.0 Å². The number of hydrogen-bond donors (Lipinski definition) is 3. The first-order valence-electron chi connectivity index (χ1n) is 9.74. The average Bonchev–Trinajstić information content (AvgIpc) is 3.24. The molecule has 8 heteroatoms. The normalized spacial score (nSPS) is 12.7. The maximum atomic E-state index is 13.8. The number of aromatic nitrogens is 2. The summed E-state index contributed by atoms with van der Waals surface area (Å²) in [5, 5.41) is 3.68. The highest BCUT2D eigenvalue weighted by Crippen LogP contribution is 2.30. The average molecular weight is 432 g/mol. The van der Waals surface area contributed by atoms with Crippen LogP contribution in [0.4, 0.5) is 8.78 Å². The predicted molar refractivity (Wildman–Crippen MR) is 116 cm³/mol. The molecule has 1 aromatic heterocycles. The van der Waals surface area contributed by atoms with E-state index in [0.717, 1.165) is 30.2 Å². The molecule has 0 fully saturated rings. The Labute approximate surface area is 179 Å². The quantitative estimate of drug-likeness (QED) is 0.267. The minimum Gasteiger partial charge on any atom is -0.370 e. The summed E-state index contributed by atoms with van der Waals surface area (Å²) in [5.74, 6) is -1.55. The lowest BCUT2D eigenvalue weighted by Crippen LogP contribution is -2.33. The van der Waals surface area contributed by atoms with E-state index in [-0.39, 0.29) is 5.92 Å². The molecule has 0 spiro atoms. The van der Waals surface area contributed by atoms with E-state index in [0.29, 0.717) is 36.1 Å². The van der Waals surface area contributed by atoms with Gasteiger partial charge in [-0.15, -0.1) is 0 Å². The third-order valence-corrected chi connectivity index (χ3v) is 5.01. The molecule has 4 N–H and O–H groups in total. The molecule has 3 rings (SSSR count). The van der Waals surface area contributed by atoms with E-state index in [2.05, 4.69) is 20.3 Å².